The number of furan rings is 1. The lowest BCUT2D eigenvalue weighted by Crippen LogP contribution is -2.64. The van der Waals surface area contributed by atoms with E-state index in [0.717, 1.165) is 88.2 Å². The van der Waals surface area contributed by atoms with Crippen molar-refractivity contribution in [3.8, 4) is 0 Å². The van der Waals surface area contributed by atoms with Gasteiger partial charge in [0.15, 0.2) is 0 Å². The first kappa shape index (κ1) is 28.3. The minimum absolute atomic E-state index is 0.0688. The van der Waals surface area contributed by atoms with Crippen LogP contribution in [-0.4, -0.2) is 19.5 Å². The van der Waals surface area contributed by atoms with Gasteiger partial charge in [-0.25, -0.2) is 4.79 Å². The van der Waals surface area contributed by atoms with Gasteiger partial charge >= 0.3 is 6.03 Å². The molecule has 0 saturated heterocycles. The maximum atomic E-state index is 15.5. The van der Waals surface area contributed by atoms with Crippen LogP contribution < -0.4 is 42.6 Å². The average molecular weight is 650 g/mol. The molecule has 0 radical (unpaired) electrons. The minimum Gasteiger partial charge on any atom is -0.457 e. The summed E-state index contributed by atoms with van der Waals surface area (Å²) in [7, 11) is 0. The fourth-order valence-electron chi connectivity index (χ4n) is 8.88. The standard InChI is InChI=1S/C45H28B2N2O2/c50-45-48-37-21-13-12-20-34(37)46(30-15-7-4-2-1-3-5-8-16-30)35-26-23-29-24-27-36-43(40(29)42(35)48)49(45)38-28-25-33-32-19-11-14-22-39(32)51-44(33)41(38)47(36)31-17-9-6-10-18-31/h1-28H. The predicted molar refractivity (Wildman–Crippen MR) is 214 cm³/mol. The normalized spacial score (nSPS) is 13.8. The van der Waals surface area contributed by atoms with Crippen molar-refractivity contribution in [3.63, 3.8) is 0 Å². The van der Waals surface area contributed by atoms with Gasteiger partial charge in [0.05, 0.1) is 11.4 Å². The first-order valence-corrected chi connectivity index (χ1v) is 17.5. The molecule has 4 nitrogen and oxygen atoms in total. The Morgan fingerprint density at radius 3 is 1.76 bits per heavy atom. The number of para-hydroxylation sites is 2. The van der Waals surface area contributed by atoms with Crippen molar-refractivity contribution in [2.45, 2.75) is 0 Å². The smallest absolute Gasteiger partial charge is 0.338 e. The number of anilines is 4. The Bertz CT molecular complexity index is 2800. The summed E-state index contributed by atoms with van der Waals surface area (Å²) in [5.74, 6) is 0. The van der Waals surface area contributed by atoms with Crippen LogP contribution >= 0.6 is 0 Å². The lowest BCUT2D eigenvalue weighted by molar-refractivity contribution is 0.255. The van der Waals surface area contributed by atoms with E-state index in [9.17, 15) is 0 Å². The third kappa shape index (κ3) is 3.90. The zero-order chi connectivity index (χ0) is 33.6. The summed E-state index contributed by atoms with van der Waals surface area (Å²) in [6.07, 6.45) is 0. The lowest BCUT2D eigenvalue weighted by Gasteiger charge is -2.46. The molecule has 3 aliphatic heterocycles. The number of benzene rings is 6. The van der Waals surface area contributed by atoms with E-state index in [-0.39, 0.29) is 19.5 Å². The number of carbonyl (C=O) groups is 1. The number of fused-ring (bicyclic) bond motifs is 8. The van der Waals surface area contributed by atoms with Crippen molar-refractivity contribution in [3.05, 3.63) is 170 Å². The summed E-state index contributed by atoms with van der Waals surface area (Å²) >= 11 is 0. The summed E-state index contributed by atoms with van der Waals surface area (Å²) in [4.78, 5) is 19.4. The molecule has 2 amide bonds. The fourth-order valence-corrected chi connectivity index (χ4v) is 8.88. The molecule has 0 aliphatic carbocycles. The molecular formula is C45H28B2N2O2. The molecule has 3 aliphatic rings. The number of hydrogen-bond donors (Lipinski definition) is 0. The Labute approximate surface area is 295 Å². The Kier molecular flexibility index (Phi) is 5.97. The Morgan fingerprint density at radius 1 is 0.451 bits per heavy atom. The minimum atomic E-state index is -0.142. The van der Waals surface area contributed by atoms with E-state index in [0.29, 0.717) is 0 Å². The van der Waals surface area contributed by atoms with Crippen molar-refractivity contribution in [2.75, 3.05) is 9.80 Å². The van der Waals surface area contributed by atoms with E-state index < -0.39 is 0 Å². The third-order valence-electron chi connectivity index (χ3n) is 10.9. The number of carbonyl (C=O) groups excluding carboxylic acids is 1. The highest BCUT2D eigenvalue weighted by Crippen LogP contribution is 2.48. The molecule has 0 fully saturated rings. The van der Waals surface area contributed by atoms with Crippen LogP contribution in [0.5, 0.6) is 0 Å². The van der Waals surface area contributed by atoms with Crippen molar-refractivity contribution in [1.29, 1.82) is 0 Å². The quantitative estimate of drug-likeness (QED) is 0.191. The summed E-state index contributed by atoms with van der Waals surface area (Å²) in [6.45, 7) is -0.211. The highest BCUT2D eigenvalue weighted by Gasteiger charge is 2.48. The number of urea groups is 1. The number of hydrogen-bond acceptors (Lipinski definition) is 2. The van der Waals surface area contributed by atoms with Gasteiger partial charge in [-0.15, -0.1) is 0 Å². The molecule has 6 heteroatoms. The van der Waals surface area contributed by atoms with Gasteiger partial charge in [-0.3, -0.25) is 9.80 Å². The lowest BCUT2D eigenvalue weighted by atomic mass is 9.34. The molecule has 0 bridgehead atoms. The summed E-state index contributed by atoms with van der Waals surface area (Å²) in [6, 6.07) is 59.2. The van der Waals surface area contributed by atoms with Gasteiger partial charge in [0.25, 0.3) is 6.71 Å². The Hall–Kier alpha value is -6.52. The van der Waals surface area contributed by atoms with Crippen molar-refractivity contribution in [2.24, 2.45) is 0 Å². The van der Waals surface area contributed by atoms with Gasteiger partial charge in [-0.1, -0.05) is 157 Å². The van der Waals surface area contributed by atoms with Crippen LogP contribution in [0.2, 0.25) is 0 Å². The average Bonchev–Trinajstić information content (AvgIpc) is 3.57. The molecule has 0 saturated carbocycles. The van der Waals surface area contributed by atoms with Crippen LogP contribution in [0.3, 0.4) is 0 Å². The molecule has 236 valence electrons. The zero-order valence-electron chi connectivity index (χ0n) is 27.5. The molecule has 0 unspecified atom stereocenters. The molecule has 51 heavy (non-hydrogen) atoms. The zero-order valence-corrected chi connectivity index (χ0v) is 27.5. The van der Waals surface area contributed by atoms with E-state index in [1.54, 1.807) is 0 Å². The summed E-state index contributed by atoms with van der Waals surface area (Å²) < 4.78 is 6.73. The Balaban J connectivity index is 1.27. The monoisotopic (exact) mass is 650 g/mol. The summed E-state index contributed by atoms with van der Waals surface area (Å²) in [5.41, 5.74) is 12.0. The second-order valence-electron chi connectivity index (χ2n) is 13.5. The highest BCUT2D eigenvalue weighted by atomic mass is 16.3. The van der Waals surface area contributed by atoms with Crippen LogP contribution in [0.4, 0.5) is 27.5 Å². The van der Waals surface area contributed by atoms with Crippen LogP contribution in [-0.2, 0) is 0 Å². The predicted octanol–water partition coefficient (Wildman–Crippen LogP) is 6.93. The molecule has 7 aromatic carbocycles. The number of nitrogens with zero attached hydrogens (tertiary/aromatic N) is 2. The maximum Gasteiger partial charge on any atom is 0.338 e. The fraction of sp³-hybridized carbons (Fsp3) is 0. The van der Waals surface area contributed by atoms with E-state index in [1.165, 1.54) is 0 Å². The highest BCUT2D eigenvalue weighted by molar-refractivity contribution is 7.00. The molecule has 0 atom stereocenters. The maximum absolute atomic E-state index is 15.5. The topological polar surface area (TPSA) is 36.7 Å². The van der Waals surface area contributed by atoms with E-state index >= 15 is 4.79 Å². The van der Waals surface area contributed by atoms with Crippen LogP contribution in [0.1, 0.15) is 0 Å². The molecule has 4 heterocycles. The largest absolute Gasteiger partial charge is 0.457 e. The molecule has 1 aromatic heterocycles. The van der Waals surface area contributed by atoms with Gasteiger partial charge in [-0.2, -0.15) is 0 Å². The van der Waals surface area contributed by atoms with E-state index in [4.69, 9.17) is 4.42 Å². The van der Waals surface area contributed by atoms with Crippen molar-refractivity contribution in [1.82, 2.24) is 0 Å². The second-order valence-corrected chi connectivity index (χ2v) is 13.5. The SMILES string of the molecule is O=C1N2c3ccccc3B(c3ccccccccc3)c3ccc4ccc5c(c4c32)N1c1ccc2c(oc3ccccc32)c1B5c1ccccc1. The van der Waals surface area contributed by atoms with Crippen LogP contribution in [0, 0.1) is 0 Å². The first-order valence-electron chi connectivity index (χ1n) is 17.5. The molecule has 0 spiro atoms. The van der Waals surface area contributed by atoms with Crippen molar-refractivity contribution < 1.29 is 9.21 Å². The van der Waals surface area contributed by atoms with Crippen molar-refractivity contribution >= 4 is 108 Å². The van der Waals surface area contributed by atoms with Gasteiger partial charge in [0.1, 0.15) is 11.2 Å². The first-order chi connectivity index (χ1) is 25.3. The second kappa shape index (κ2) is 10.7. The third-order valence-corrected chi connectivity index (χ3v) is 10.9. The molecule has 11 rings (SSSR count). The molecule has 8 aromatic rings. The van der Waals surface area contributed by atoms with Crippen LogP contribution in [0.25, 0.3) is 32.7 Å². The number of amides is 2. The van der Waals surface area contributed by atoms with Gasteiger partial charge in [0.2, 0.25) is 6.71 Å². The number of rotatable bonds is 2. The van der Waals surface area contributed by atoms with Crippen LogP contribution in [0.15, 0.2) is 174 Å². The van der Waals surface area contributed by atoms with Gasteiger partial charge < -0.3 is 4.42 Å². The molecule has 0 N–H and O–H groups in total. The van der Waals surface area contributed by atoms with E-state index in [1.807, 2.05) is 46.2 Å². The van der Waals surface area contributed by atoms with Gasteiger partial charge in [0, 0.05) is 27.5 Å². The Morgan fingerprint density at radius 2 is 1.02 bits per heavy atom. The molecular weight excluding hydrogens is 622 g/mol. The summed E-state index contributed by atoms with van der Waals surface area (Å²) in [5, 5.41) is 4.34. The van der Waals surface area contributed by atoms with Gasteiger partial charge in [-0.05, 0) is 51.5 Å². The van der Waals surface area contributed by atoms with E-state index in [2.05, 4.69) is 133 Å².